The molecular formula is C23H27N3O3S. The zero-order valence-electron chi connectivity index (χ0n) is 17.0. The number of hydrogen-bond acceptors (Lipinski definition) is 3. The van der Waals surface area contributed by atoms with Crippen LogP contribution < -0.4 is 5.32 Å². The molecule has 0 radical (unpaired) electrons. The van der Waals surface area contributed by atoms with Crippen LogP contribution in [0.2, 0.25) is 0 Å². The fourth-order valence-electron chi connectivity index (χ4n) is 4.36. The number of carbonyl (C=O) groups is 1. The second-order valence-electron chi connectivity index (χ2n) is 7.88. The first kappa shape index (κ1) is 20.6. The predicted molar refractivity (Wildman–Crippen MR) is 119 cm³/mol. The second kappa shape index (κ2) is 8.62. The van der Waals surface area contributed by atoms with Gasteiger partial charge in [0.1, 0.15) is 6.04 Å². The largest absolute Gasteiger partial charge is 0.361 e. The minimum absolute atomic E-state index is 0.0402. The maximum Gasteiger partial charge on any atom is 0.238 e. The summed E-state index contributed by atoms with van der Waals surface area (Å²) in [6.07, 6.45) is 5.38. The van der Waals surface area contributed by atoms with Crippen molar-refractivity contribution in [3.8, 4) is 0 Å². The van der Waals surface area contributed by atoms with Gasteiger partial charge in [0, 0.05) is 36.1 Å². The van der Waals surface area contributed by atoms with E-state index >= 15 is 0 Å². The predicted octanol–water partition coefficient (Wildman–Crippen LogP) is 3.23. The van der Waals surface area contributed by atoms with Crippen LogP contribution in [-0.2, 0) is 14.8 Å². The average Bonchev–Trinajstić information content (AvgIpc) is 3.18. The van der Waals surface area contributed by atoms with Crippen LogP contribution in [-0.4, -0.2) is 49.0 Å². The van der Waals surface area contributed by atoms with Crippen molar-refractivity contribution in [2.45, 2.75) is 31.2 Å². The molecule has 1 aliphatic heterocycles. The minimum atomic E-state index is -3.42. The lowest BCUT2D eigenvalue weighted by molar-refractivity contribution is -0.125. The van der Waals surface area contributed by atoms with E-state index in [1.54, 1.807) is 0 Å². The molecule has 0 saturated carbocycles. The molecule has 6 nitrogen and oxygen atoms in total. The summed E-state index contributed by atoms with van der Waals surface area (Å²) in [5.41, 5.74) is 3.27. The van der Waals surface area contributed by atoms with Gasteiger partial charge in [-0.15, -0.1) is 0 Å². The third kappa shape index (κ3) is 4.27. The lowest BCUT2D eigenvalue weighted by Gasteiger charge is -2.33. The number of aromatic nitrogens is 1. The van der Waals surface area contributed by atoms with E-state index in [4.69, 9.17) is 0 Å². The van der Waals surface area contributed by atoms with E-state index in [2.05, 4.69) is 28.5 Å². The van der Waals surface area contributed by atoms with Crippen molar-refractivity contribution >= 4 is 26.8 Å². The molecule has 4 rings (SSSR count). The lowest BCUT2D eigenvalue weighted by Crippen LogP contribution is -2.52. The number of nitrogens with one attached hydrogen (secondary N) is 2. The summed E-state index contributed by atoms with van der Waals surface area (Å²) in [6, 6.07) is 17.5. The van der Waals surface area contributed by atoms with Gasteiger partial charge in [0.05, 0.1) is 6.26 Å². The normalized spacial score (nSPS) is 18.9. The molecule has 2 N–H and O–H groups in total. The number of piperidine rings is 1. The summed E-state index contributed by atoms with van der Waals surface area (Å²) in [6.45, 7) is 0.806. The standard InChI is InChI=1S/C23H27N3O3S/c1-30(28,29)26-14-8-7-13-22(26)23(27)25-15-19(17-9-3-2-4-10-17)20-16-24-21-12-6-5-11-18(20)21/h2-6,9-12,16,19,22,24H,7-8,13-15H2,1H3,(H,25,27)/t19-,22-/m1/s1. The van der Waals surface area contributed by atoms with E-state index < -0.39 is 16.1 Å². The summed E-state index contributed by atoms with van der Waals surface area (Å²) in [7, 11) is -3.42. The van der Waals surface area contributed by atoms with Gasteiger partial charge < -0.3 is 10.3 Å². The van der Waals surface area contributed by atoms with Gasteiger partial charge in [0.25, 0.3) is 0 Å². The van der Waals surface area contributed by atoms with Crippen LogP contribution in [0.25, 0.3) is 10.9 Å². The number of carbonyl (C=O) groups excluding carboxylic acids is 1. The number of nitrogens with zero attached hydrogens (tertiary/aromatic N) is 1. The van der Waals surface area contributed by atoms with Crippen molar-refractivity contribution in [3.63, 3.8) is 0 Å². The highest BCUT2D eigenvalue weighted by atomic mass is 32.2. The number of H-pyrrole nitrogens is 1. The molecule has 1 aromatic heterocycles. The van der Waals surface area contributed by atoms with Gasteiger partial charge in [-0.1, -0.05) is 55.0 Å². The highest BCUT2D eigenvalue weighted by molar-refractivity contribution is 7.88. The van der Waals surface area contributed by atoms with Gasteiger partial charge >= 0.3 is 0 Å². The van der Waals surface area contributed by atoms with Crippen LogP contribution in [0, 0.1) is 0 Å². The third-order valence-corrected chi connectivity index (χ3v) is 7.15. The molecule has 1 aliphatic rings. The number of hydrogen-bond donors (Lipinski definition) is 2. The van der Waals surface area contributed by atoms with Crippen LogP contribution in [0.5, 0.6) is 0 Å². The van der Waals surface area contributed by atoms with Crippen LogP contribution in [0.1, 0.15) is 36.3 Å². The molecule has 2 aromatic carbocycles. The number of aromatic amines is 1. The van der Waals surface area contributed by atoms with E-state index in [0.717, 1.165) is 34.9 Å². The van der Waals surface area contributed by atoms with Gasteiger partial charge in [-0.2, -0.15) is 4.31 Å². The van der Waals surface area contributed by atoms with Gasteiger partial charge in [0.2, 0.25) is 15.9 Å². The van der Waals surface area contributed by atoms with Gasteiger partial charge in [-0.05, 0) is 30.0 Å². The quantitative estimate of drug-likeness (QED) is 0.636. The number of para-hydroxylation sites is 1. The summed E-state index contributed by atoms with van der Waals surface area (Å²) in [5.74, 6) is -0.262. The smallest absolute Gasteiger partial charge is 0.238 e. The fraction of sp³-hybridized carbons (Fsp3) is 0.348. The van der Waals surface area contributed by atoms with Crippen LogP contribution in [0.15, 0.2) is 60.8 Å². The zero-order chi connectivity index (χ0) is 21.1. The Labute approximate surface area is 177 Å². The number of sulfonamides is 1. The first-order chi connectivity index (χ1) is 14.4. The Kier molecular flexibility index (Phi) is 5.92. The second-order valence-corrected chi connectivity index (χ2v) is 9.82. The Bertz CT molecular complexity index is 1120. The van der Waals surface area contributed by atoms with Crippen LogP contribution >= 0.6 is 0 Å². The Morgan fingerprint density at radius 2 is 1.87 bits per heavy atom. The molecule has 0 bridgehead atoms. The van der Waals surface area contributed by atoms with Crippen molar-refractivity contribution in [1.29, 1.82) is 0 Å². The first-order valence-electron chi connectivity index (χ1n) is 10.3. The molecule has 0 spiro atoms. The van der Waals surface area contributed by atoms with E-state index in [1.165, 1.54) is 10.6 Å². The maximum atomic E-state index is 13.0. The van der Waals surface area contributed by atoms with Crippen LogP contribution in [0.4, 0.5) is 0 Å². The molecule has 0 aliphatic carbocycles. The van der Waals surface area contributed by atoms with E-state index in [0.29, 0.717) is 19.5 Å². The summed E-state index contributed by atoms with van der Waals surface area (Å²) < 4.78 is 25.6. The highest BCUT2D eigenvalue weighted by Crippen LogP contribution is 2.30. The monoisotopic (exact) mass is 425 g/mol. The number of rotatable bonds is 6. The topological polar surface area (TPSA) is 82.3 Å². The fourth-order valence-corrected chi connectivity index (χ4v) is 5.48. The van der Waals surface area contributed by atoms with E-state index in [1.807, 2.05) is 42.6 Å². The van der Waals surface area contributed by atoms with Gasteiger partial charge in [-0.25, -0.2) is 8.42 Å². The number of benzene rings is 2. The molecule has 1 amide bonds. The summed E-state index contributed by atoms with van der Waals surface area (Å²) >= 11 is 0. The SMILES string of the molecule is CS(=O)(=O)N1CCCC[C@@H]1C(=O)NC[C@H](c1ccccc1)c1c[nH]c2ccccc12. The highest BCUT2D eigenvalue weighted by Gasteiger charge is 2.34. The first-order valence-corrected chi connectivity index (χ1v) is 12.2. The Morgan fingerprint density at radius 3 is 2.63 bits per heavy atom. The molecule has 2 atom stereocenters. The van der Waals surface area contributed by atoms with Gasteiger partial charge in [-0.3, -0.25) is 4.79 Å². The molecule has 0 unspecified atom stereocenters. The average molecular weight is 426 g/mol. The summed E-state index contributed by atoms with van der Waals surface area (Å²) in [4.78, 5) is 16.3. The van der Waals surface area contributed by atoms with E-state index in [9.17, 15) is 13.2 Å². The number of amides is 1. The van der Waals surface area contributed by atoms with Gasteiger partial charge in [0.15, 0.2) is 0 Å². The summed E-state index contributed by atoms with van der Waals surface area (Å²) in [5, 5.41) is 4.17. The Hall–Kier alpha value is -2.64. The lowest BCUT2D eigenvalue weighted by atomic mass is 9.90. The Balaban J connectivity index is 1.59. The van der Waals surface area contributed by atoms with Crippen molar-refractivity contribution in [3.05, 3.63) is 71.9 Å². The maximum absolute atomic E-state index is 13.0. The third-order valence-electron chi connectivity index (χ3n) is 5.86. The van der Waals surface area contributed by atoms with Crippen molar-refractivity contribution in [1.82, 2.24) is 14.6 Å². The molecule has 158 valence electrons. The minimum Gasteiger partial charge on any atom is -0.361 e. The van der Waals surface area contributed by atoms with Crippen molar-refractivity contribution in [2.75, 3.05) is 19.3 Å². The molecule has 1 saturated heterocycles. The molecular weight excluding hydrogens is 398 g/mol. The number of fused-ring (bicyclic) bond motifs is 1. The molecule has 30 heavy (non-hydrogen) atoms. The van der Waals surface area contributed by atoms with Crippen molar-refractivity contribution in [2.24, 2.45) is 0 Å². The Morgan fingerprint density at radius 1 is 1.13 bits per heavy atom. The molecule has 3 aromatic rings. The molecule has 1 fully saturated rings. The molecule has 2 heterocycles. The van der Waals surface area contributed by atoms with E-state index in [-0.39, 0.29) is 11.8 Å². The van der Waals surface area contributed by atoms with Crippen LogP contribution in [0.3, 0.4) is 0 Å². The zero-order valence-corrected chi connectivity index (χ0v) is 17.9. The molecule has 7 heteroatoms. The van der Waals surface area contributed by atoms with Crippen molar-refractivity contribution < 1.29 is 13.2 Å².